The number of carbonyl (C=O) groups excluding carboxylic acids is 1. The molecule has 1 aliphatic carbocycles. The molecule has 0 bridgehead atoms. The molecule has 2 aromatic heterocycles. The number of aryl methyl sites for hydroxylation is 1. The standard InChI is InChI=1S/C21H20N4O2S/c1-12-6-7-13-15(11-22)21(28-17(13)10-12)25-19(26)9-8-18-23-16-5-3-2-4-14(16)20(27)24-18/h2-5,12H,6-10H2,1H3,(H,25,26)(H,23,24,27)/t12-/m1/s1. The predicted octanol–water partition coefficient (Wildman–Crippen LogP) is 3.55. The summed E-state index contributed by atoms with van der Waals surface area (Å²) in [7, 11) is 0. The number of rotatable bonds is 4. The van der Waals surface area contributed by atoms with Gasteiger partial charge < -0.3 is 10.3 Å². The van der Waals surface area contributed by atoms with Crippen LogP contribution in [0.25, 0.3) is 10.9 Å². The summed E-state index contributed by atoms with van der Waals surface area (Å²) in [4.78, 5) is 33.0. The number of nitrogens with zero attached hydrogens (tertiary/aromatic N) is 2. The Kier molecular flexibility index (Phi) is 4.97. The number of anilines is 1. The minimum absolute atomic E-state index is 0.182. The topological polar surface area (TPSA) is 98.6 Å². The molecular formula is C21H20N4O2S. The van der Waals surface area contributed by atoms with E-state index in [1.54, 1.807) is 18.2 Å². The van der Waals surface area contributed by atoms with Crippen LogP contribution in [0, 0.1) is 17.2 Å². The minimum atomic E-state index is -0.201. The Morgan fingerprint density at radius 1 is 1.43 bits per heavy atom. The van der Waals surface area contributed by atoms with Crippen LogP contribution in [0.4, 0.5) is 5.00 Å². The van der Waals surface area contributed by atoms with Gasteiger partial charge in [0.15, 0.2) is 0 Å². The number of hydrogen-bond acceptors (Lipinski definition) is 5. The highest BCUT2D eigenvalue weighted by molar-refractivity contribution is 7.16. The fraction of sp³-hybridized carbons (Fsp3) is 0.333. The monoisotopic (exact) mass is 392 g/mol. The average molecular weight is 392 g/mol. The molecule has 7 heteroatoms. The molecule has 4 rings (SSSR count). The number of carbonyl (C=O) groups is 1. The van der Waals surface area contributed by atoms with Crippen molar-refractivity contribution < 1.29 is 4.79 Å². The summed E-state index contributed by atoms with van der Waals surface area (Å²) in [5, 5.41) is 13.6. The third-order valence-electron chi connectivity index (χ3n) is 5.13. The smallest absolute Gasteiger partial charge is 0.258 e. The average Bonchev–Trinajstić information content (AvgIpc) is 3.02. The molecule has 0 radical (unpaired) electrons. The fourth-order valence-corrected chi connectivity index (χ4v) is 5.01. The van der Waals surface area contributed by atoms with E-state index in [1.165, 1.54) is 16.2 Å². The number of nitrogens with one attached hydrogen (secondary N) is 2. The van der Waals surface area contributed by atoms with Gasteiger partial charge in [-0.2, -0.15) is 5.26 Å². The Balaban J connectivity index is 1.47. The summed E-state index contributed by atoms with van der Waals surface area (Å²) in [5.74, 6) is 0.912. The van der Waals surface area contributed by atoms with Crippen molar-refractivity contribution in [3.63, 3.8) is 0 Å². The number of aromatic amines is 1. The molecule has 1 aliphatic rings. The molecule has 142 valence electrons. The highest BCUT2D eigenvalue weighted by atomic mass is 32.1. The molecule has 28 heavy (non-hydrogen) atoms. The maximum atomic E-state index is 12.4. The third kappa shape index (κ3) is 3.56. The van der Waals surface area contributed by atoms with Gasteiger partial charge in [0.05, 0.1) is 16.5 Å². The summed E-state index contributed by atoms with van der Waals surface area (Å²) >= 11 is 1.52. The Labute approximate surface area is 166 Å². The van der Waals surface area contributed by atoms with Gasteiger partial charge in [-0.05, 0) is 42.9 Å². The van der Waals surface area contributed by atoms with Crippen LogP contribution in [-0.2, 0) is 24.1 Å². The number of benzene rings is 1. The van der Waals surface area contributed by atoms with Gasteiger partial charge in [0.2, 0.25) is 5.91 Å². The van der Waals surface area contributed by atoms with Crippen LogP contribution >= 0.6 is 11.3 Å². The number of amides is 1. The lowest BCUT2D eigenvalue weighted by atomic mass is 9.88. The first kappa shape index (κ1) is 18.4. The van der Waals surface area contributed by atoms with E-state index in [2.05, 4.69) is 28.3 Å². The van der Waals surface area contributed by atoms with Crippen molar-refractivity contribution in [2.45, 2.75) is 39.0 Å². The first-order chi connectivity index (χ1) is 13.5. The lowest BCUT2D eigenvalue weighted by Crippen LogP contribution is -2.16. The summed E-state index contributed by atoms with van der Waals surface area (Å²) in [6, 6.07) is 9.39. The summed E-state index contributed by atoms with van der Waals surface area (Å²) in [6.45, 7) is 2.21. The molecule has 0 spiro atoms. The molecule has 1 aromatic carbocycles. The van der Waals surface area contributed by atoms with E-state index >= 15 is 0 Å². The molecule has 0 aliphatic heterocycles. The van der Waals surface area contributed by atoms with Crippen molar-refractivity contribution >= 4 is 33.1 Å². The van der Waals surface area contributed by atoms with Gasteiger partial charge in [-0.25, -0.2) is 4.98 Å². The summed E-state index contributed by atoms with van der Waals surface area (Å²) in [6.07, 6.45) is 3.45. The van der Waals surface area contributed by atoms with Gasteiger partial charge in [-0.15, -0.1) is 11.3 Å². The quantitative estimate of drug-likeness (QED) is 0.709. The van der Waals surface area contributed by atoms with Crippen LogP contribution < -0.4 is 10.9 Å². The zero-order valence-electron chi connectivity index (χ0n) is 15.5. The van der Waals surface area contributed by atoms with E-state index < -0.39 is 0 Å². The van der Waals surface area contributed by atoms with Gasteiger partial charge in [0.25, 0.3) is 5.56 Å². The van der Waals surface area contributed by atoms with Crippen molar-refractivity contribution in [2.24, 2.45) is 5.92 Å². The van der Waals surface area contributed by atoms with Crippen LogP contribution in [0.15, 0.2) is 29.1 Å². The predicted molar refractivity (Wildman–Crippen MR) is 110 cm³/mol. The molecule has 2 heterocycles. The number of H-pyrrole nitrogens is 1. The first-order valence-corrected chi connectivity index (χ1v) is 10.2. The second-order valence-electron chi connectivity index (χ2n) is 7.25. The Morgan fingerprint density at radius 2 is 2.25 bits per heavy atom. The van der Waals surface area contributed by atoms with Crippen molar-refractivity contribution in [1.82, 2.24) is 9.97 Å². The molecule has 0 saturated carbocycles. The minimum Gasteiger partial charge on any atom is -0.317 e. The summed E-state index contributed by atoms with van der Waals surface area (Å²) in [5.41, 5.74) is 2.13. The number of para-hydroxylation sites is 1. The molecule has 0 unspecified atom stereocenters. The van der Waals surface area contributed by atoms with E-state index in [9.17, 15) is 14.9 Å². The lowest BCUT2D eigenvalue weighted by Gasteiger charge is -2.17. The molecule has 6 nitrogen and oxygen atoms in total. The molecule has 2 N–H and O–H groups in total. The normalized spacial score (nSPS) is 15.8. The zero-order chi connectivity index (χ0) is 19.7. The molecular weight excluding hydrogens is 372 g/mol. The van der Waals surface area contributed by atoms with E-state index in [4.69, 9.17) is 0 Å². The highest BCUT2D eigenvalue weighted by Gasteiger charge is 2.24. The molecule has 0 saturated heterocycles. The van der Waals surface area contributed by atoms with Crippen molar-refractivity contribution in [3.8, 4) is 6.07 Å². The largest absolute Gasteiger partial charge is 0.317 e. The van der Waals surface area contributed by atoms with E-state index in [0.29, 0.717) is 39.6 Å². The Hall–Kier alpha value is -2.98. The Morgan fingerprint density at radius 3 is 3.07 bits per heavy atom. The van der Waals surface area contributed by atoms with Crippen molar-refractivity contribution in [3.05, 3.63) is 56.4 Å². The Bertz CT molecular complexity index is 1160. The van der Waals surface area contributed by atoms with Gasteiger partial charge >= 0.3 is 0 Å². The maximum Gasteiger partial charge on any atom is 0.258 e. The number of hydrogen-bond donors (Lipinski definition) is 2. The van der Waals surface area contributed by atoms with Gasteiger partial charge in [-0.3, -0.25) is 9.59 Å². The van der Waals surface area contributed by atoms with Gasteiger partial charge in [0, 0.05) is 17.7 Å². The van der Waals surface area contributed by atoms with E-state index in [1.807, 2.05) is 6.07 Å². The second-order valence-corrected chi connectivity index (χ2v) is 8.35. The third-order valence-corrected chi connectivity index (χ3v) is 6.30. The first-order valence-electron chi connectivity index (χ1n) is 9.37. The summed E-state index contributed by atoms with van der Waals surface area (Å²) < 4.78 is 0. The van der Waals surface area contributed by atoms with Crippen LogP contribution in [0.5, 0.6) is 0 Å². The van der Waals surface area contributed by atoms with Crippen LogP contribution in [0.2, 0.25) is 0 Å². The van der Waals surface area contributed by atoms with Gasteiger partial charge in [-0.1, -0.05) is 19.1 Å². The van der Waals surface area contributed by atoms with Crippen LogP contribution in [-0.4, -0.2) is 15.9 Å². The maximum absolute atomic E-state index is 12.4. The highest BCUT2D eigenvalue weighted by Crippen LogP contribution is 2.39. The van der Waals surface area contributed by atoms with E-state index in [0.717, 1.165) is 24.8 Å². The molecule has 1 atom stereocenters. The fourth-order valence-electron chi connectivity index (χ4n) is 3.63. The van der Waals surface area contributed by atoms with Crippen molar-refractivity contribution in [2.75, 3.05) is 5.32 Å². The SMILES string of the molecule is C[C@@H]1CCc2c(sc(NC(=O)CCc3nc4ccccc4c(=O)[nH]3)c2C#N)C1. The number of thiophene rings is 1. The van der Waals surface area contributed by atoms with E-state index in [-0.39, 0.29) is 17.9 Å². The van der Waals surface area contributed by atoms with Crippen LogP contribution in [0.1, 0.15) is 41.6 Å². The number of fused-ring (bicyclic) bond motifs is 2. The van der Waals surface area contributed by atoms with Crippen LogP contribution in [0.3, 0.4) is 0 Å². The van der Waals surface area contributed by atoms with Gasteiger partial charge in [0.1, 0.15) is 16.9 Å². The van der Waals surface area contributed by atoms with Crippen molar-refractivity contribution in [1.29, 1.82) is 5.26 Å². The number of nitriles is 1. The second kappa shape index (κ2) is 7.56. The number of aromatic nitrogens is 2. The zero-order valence-corrected chi connectivity index (χ0v) is 16.4. The molecule has 1 amide bonds. The molecule has 0 fully saturated rings. The lowest BCUT2D eigenvalue weighted by molar-refractivity contribution is -0.116. The molecule has 3 aromatic rings.